The Bertz CT molecular complexity index is 546. The summed E-state index contributed by atoms with van der Waals surface area (Å²) >= 11 is 2.13. The first-order valence-corrected chi connectivity index (χ1v) is 8.21. The average molecular weight is 271 g/mol. The van der Waals surface area contributed by atoms with Crippen molar-refractivity contribution in [1.82, 2.24) is 5.32 Å². The molecule has 1 saturated heterocycles. The molecule has 1 fully saturated rings. The van der Waals surface area contributed by atoms with Gasteiger partial charge >= 0.3 is 0 Å². The summed E-state index contributed by atoms with van der Waals surface area (Å²) in [6.07, 6.45) is 4.10. The quantitative estimate of drug-likeness (QED) is 0.888. The summed E-state index contributed by atoms with van der Waals surface area (Å²) in [6, 6.07) is 16.0. The van der Waals surface area contributed by atoms with Crippen LogP contribution in [0.3, 0.4) is 0 Å². The lowest BCUT2D eigenvalue weighted by Crippen LogP contribution is -2.29. The van der Waals surface area contributed by atoms with Crippen molar-refractivity contribution in [3.05, 3.63) is 48.0 Å². The maximum atomic E-state index is 3.53. The van der Waals surface area contributed by atoms with Crippen LogP contribution in [0.4, 0.5) is 0 Å². The molecule has 0 aromatic heterocycles. The van der Waals surface area contributed by atoms with E-state index in [1.54, 1.807) is 0 Å². The molecule has 3 rings (SSSR count). The summed E-state index contributed by atoms with van der Waals surface area (Å²) in [7, 11) is 2.09. The van der Waals surface area contributed by atoms with Crippen molar-refractivity contribution < 1.29 is 0 Å². The molecule has 2 heteroatoms. The maximum Gasteiger partial charge on any atom is 0.0438 e. The zero-order valence-electron chi connectivity index (χ0n) is 11.4. The Morgan fingerprint density at radius 1 is 1.11 bits per heavy atom. The van der Waals surface area contributed by atoms with E-state index in [1.807, 2.05) is 0 Å². The largest absolute Gasteiger partial charge is 0.312 e. The molecule has 1 N–H and O–H groups in total. The van der Waals surface area contributed by atoms with Crippen LogP contribution < -0.4 is 5.32 Å². The van der Waals surface area contributed by atoms with Crippen molar-refractivity contribution in [3.8, 4) is 0 Å². The molecular weight excluding hydrogens is 250 g/mol. The zero-order chi connectivity index (χ0) is 13.1. The zero-order valence-corrected chi connectivity index (χ0v) is 12.2. The van der Waals surface area contributed by atoms with E-state index in [9.17, 15) is 0 Å². The Morgan fingerprint density at radius 2 is 1.95 bits per heavy atom. The third-order valence-corrected chi connectivity index (χ3v) is 5.49. The van der Waals surface area contributed by atoms with E-state index in [2.05, 4.69) is 66.6 Å². The fraction of sp³-hybridized carbons (Fsp3) is 0.412. The minimum absolute atomic E-state index is 0.481. The lowest BCUT2D eigenvalue weighted by Gasteiger charge is -2.30. The van der Waals surface area contributed by atoms with Crippen molar-refractivity contribution in [2.45, 2.75) is 30.6 Å². The highest BCUT2D eigenvalue weighted by atomic mass is 32.2. The highest BCUT2D eigenvalue weighted by Gasteiger charge is 2.24. The van der Waals surface area contributed by atoms with Crippen molar-refractivity contribution in [1.29, 1.82) is 0 Å². The van der Waals surface area contributed by atoms with E-state index >= 15 is 0 Å². The van der Waals surface area contributed by atoms with Crippen molar-refractivity contribution in [2.75, 3.05) is 12.8 Å². The molecule has 0 bridgehead atoms. The second-order valence-electron chi connectivity index (χ2n) is 5.28. The second-order valence-corrected chi connectivity index (χ2v) is 6.63. The molecule has 0 saturated carbocycles. The number of rotatable bonds is 3. The highest BCUT2D eigenvalue weighted by molar-refractivity contribution is 8.00. The van der Waals surface area contributed by atoms with Crippen LogP contribution in [0.5, 0.6) is 0 Å². The van der Waals surface area contributed by atoms with Crippen molar-refractivity contribution >= 4 is 22.5 Å². The molecule has 2 unspecified atom stereocenters. The Hall–Kier alpha value is -0.990. The molecule has 1 aliphatic rings. The summed E-state index contributed by atoms with van der Waals surface area (Å²) in [4.78, 5) is 0. The SMILES string of the molecule is CNC(c1ccc2ccccc2c1)C1CCCCS1. The minimum Gasteiger partial charge on any atom is -0.312 e. The molecule has 2 atom stereocenters. The number of hydrogen-bond acceptors (Lipinski definition) is 2. The topological polar surface area (TPSA) is 12.0 Å². The lowest BCUT2D eigenvalue weighted by molar-refractivity contribution is 0.516. The molecule has 1 aliphatic heterocycles. The van der Waals surface area contributed by atoms with Gasteiger partial charge in [0, 0.05) is 11.3 Å². The molecule has 2 aromatic carbocycles. The lowest BCUT2D eigenvalue weighted by atomic mass is 9.97. The van der Waals surface area contributed by atoms with Gasteiger partial charge in [-0.25, -0.2) is 0 Å². The van der Waals surface area contributed by atoms with Gasteiger partial charge in [-0.1, -0.05) is 42.8 Å². The Balaban J connectivity index is 1.91. The van der Waals surface area contributed by atoms with Gasteiger partial charge in [0.2, 0.25) is 0 Å². The van der Waals surface area contributed by atoms with E-state index in [4.69, 9.17) is 0 Å². The van der Waals surface area contributed by atoms with Crippen molar-refractivity contribution in [3.63, 3.8) is 0 Å². The number of fused-ring (bicyclic) bond motifs is 1. The van der Waals surface area contributed by atoms with Crippen LogP contribution in [0.2, 0.25) is 0 Å². The van der Waals surface area contributed by atoms with Gasteiger partial charge in [-0.3, -0.25) is 0 Å². The van der Waals surface area contributed by atoms with Gasteiger partial charge in [-0.2, -0.15) is 11.8 Å². The first-order valence-electron chi connectivity index (χ1n) is 7.16. The van der Waals surface area contributed by atoms with Gasteiger partial charge in [0.05, 0.1) is 0 Å². The summed E-state index contributed by atoms with van der Waals surface area (Å²) in [5, 5.41) is 6.93. The molecule has 1 nitrogen and oxygen atoms in total. The van der Waals surface area contributed by atoms with Gasteiger partial charge in [0.25, 0.3) is 0 Å². The highest BCUT2D eigenvalue weighted by Crippen LogP contribution is 2.35. The Kier molecular flexibility index (Phi) is 4.09. The number of nitrogens with one attached hydrogen (secondary N) is 1. The van der Waals surface area contributed by atoms with E-state index in [0.29, 0.717) is 6.04 Å². The van der Waals surface area contributed by atoms with Crippen LogP contribution >= 0.6 is 11.8 Å². The third kappa shape index (κ3) is 2.80. The van der Waals surface area contributed by atoms with Gasteiger partial charge in [-0.05, 0) is 48.0 Å². The van der Waals surface area contributed by atoms with Crippen LogP contribution in [0.1, 0.15) is 30.9 Å². The number of hydrogen-bond donors (Lipinski definition) is 1. The molecule has 0 amide bonds. The van der Waals surface area contributed by atoms with Crippen LogP contribution in [0.15, 0.2) is 42.5 Å². The first kappa shape index (κ1) is 13.0. The Morgan fingerprint density at radius 3 is 2.68 bits per heavy atom. The van der Waals surface area contributed by atoms with E-state index in [0.717, 1.165) is 5.25 Å². The smallest absolute Gasteiger partial charge is 0.0438 e. The van der Waals surface area contributed by atoms with Gasteiger partial charge < -0.3 is 5.32 Å². The monoisotopic (exact) mass is 271 g/mol. The van der Waals surface area contributed by atoms with E-state index < -0.39 is 0 Å². The predicted octanol–water partition coefficient (Wildman–Crippen LogP) is 4.39. The second kappa shape index (κ2) is 5.98. The average Bonchev–Trinajstić information content (AvgIpc) is 2.49. The summed E-state index contributed by atoms with van der Waals surface area (Å²) in [5.74, 6) is 1.32. The normalized spacial score (nSPS) is 21.4. The van der Waals surface area contributed by atoms with Gasteiger partial charge in [-0.15, -0.1) is 0 Å². The molecule has 0 spiro atoms. The summed E-state index contributed by atoms with van der Waals surface area (Å²) in [5.41, 5.74) is 1.43. The standard InChI is InChI=1S/C17H21NS/c1-18-17(16-8-4-5-11-19-16)15-10-9-13-6-2-3-7-14(13)12-15/h2-3,6-7,9-10,12,16-18H,4-5,8,11H2,1H3. The van der Waals surface area contributed by atoms with E-state index in [1.165, 1.54) is 41.4 Å². The van der Waals surface area contributed by atoms with Crippen LogP contribution in [-0.4, -0.2) is 18.1 Å². The minimum atomic E-state index is 0.481. The van der Waals surface area contributed by atoms with Gasteiger partial charge in [0.15, 0.2) is 0 Å². The van der Waals surface area contributed by atoms with Crippen LogP contribution in [0.25, 0.3) is 10.8 Å². The van der Waals surface area contributed by atoms with Gasteiger partial charge in [0.1, 0.15) is 0 Å². The molecule has 0 radical (unpaired) electrons. The first-order chi connectivity index (χ1) is 9.38. The van der Waals surface area contributed by atoms with Crippen LogP contribution in [0, 0.1) is 0 Å². The predicted molar refractivity (Wildman–Crippen MR) is 85.8 cm³/mol. The maximum absolute atomic E-state index is 3.53. The molecular formula is C17H21NS. The molecule has 2 aromatic rings. The van der Waals surface area contributed by atoms with E-state index in [-0.39, 0.29) is 0 Å². The molecule has 19 heavy (non-hydrogen) atoms. The molecule has 1 heterocycles. The van der Waals surface area contributed by atoms with Crippen molar-refractivity contribution in [2.24, 2.45) is 0 Å². The molecule has 100 valence electrons. The molecule has 0 aliphatic carbocycles. The van der Waals surface area contributed by atoms with Crippen LogP contribution in [-0.2, 0) is 0 Å². The number of benzene rings is 2. The summed E-state index contributed by atoms with van der Waals surface area (Å²) in [6.45, 7) is 0. The Labute approximate surface area is 119 Å². The summed E-state index contributed by atoms with van der Waals surface area (Å²) < 4.78 is 0. The number of thioether (sulfide) groups is 1. The fourth-order valence-corrected chi connectivity index (χ4v) is 4.49. The third-order valence-electron chi connectivity index (χ3n) is 4.03. The fourth-order valence-electron chi connectivity index (χ4n) is 3.00.